The van der Waals surface area contributed by atoms with Gasteiger partial charge in [-0.1, -0.05) is 19.1 Å². The molecule has 0 aliphatic carbocycles. The van der Waals surface area contributed by atoms with Crippen LogP contribution in [-0.4, -0.2) is 20.2 Å². The number of ether oxygens (including phenoxy) is 1. The summed E-state index contributed by atoms with van der Waals surface area (Å²) >= 11 is 0. The van der Waals surface area contributed by atoms with Crippen molar-refractivity contribution in [2.75, 3.05) is 20.2 Å². The zero-order chi connectivity index (χ0) is 11.1. The second kappa shape index (κ2) is 6.53. The van der Waals surface area contributed by atoms with Crippen molar-refractivity contribution in [2.45, 2.75) is 20.0 Å². The van der Waals surface area contributed by atoms with E-state index in [1.807, 2.05) is 13.1 Å². The lowest BCUT2D eigenvalue weighted by molar-refractivity contribution is 0.108. The Labute approximate surface area is 90.4 Å². The molecule has 1 N–H and O–H groups in total. The maximum atomic E-state index is 13.0. The van der Waals surface area contributed by atoms with Gasteiger partial charge in [-0.25, -0.2) is 4.39 Å². The predicted molar refractivity (Wildman–Crippen MR) is 59.4 cm³/mol. The summed E-state index contributed by atoms with van der Waals surface area (Å²) < 4.78 is 18.1. The SMILES string of the molecule is CCNC.Fc1cccc2c1COCC2. The van der Waals surface area contributed by atoms with Crippen molar-refractivity contribution in [3.05, 3.63) is 35.1 Å². The Morgan fingerprint density at radius 1 is 1.47 bits per heavy atom. The fourth-order valence-corrected chi connectivity index (χ4v) is 1.36. The maximum Gasteiger partial charge on any atom is 0.128 e. The van der Waals surface area contributed by atoms with Crippen LogP contribution in [0.4, 0.5) is 4.39 Å². The van der Waals surface area contributed by atoms with Crippen molar-refractivity contribution >= 4 is 0 Å². The first kappa shape index (κ1) is 12.1. The van der Waals surface area contributed by atoms with E-state index in [2.05, 4.69) is 12.2 Å². The molecule has 84 valence electrons. The Morgan fingerprint density at radius 3 is 2.80 bits per heavy atom. The fourth-order valence-electron chi connectivity index (χ4n) is 1.36. The molecule has 2 nitrogen and oxygen atoms in total. The van der Waals surface area contributed by atoms with Crippen LogP contribution in [-0.2, 0) is 17.8 Å². The lowest BCUT2D eigenvalue weighted by atomic mass is 10.0. The highest BCUT2D eigenvalue weighted by Crippen LogP contribution is 2.18. The average Bonchev–Trinajstić information content (AvgIpc) is 2.30. The molecule has 0 amide bonds. The lowest BCUT2D eigenvalue weighted by Crippen LogP contribution is -2.11. The van der Waals surface area contributed by atoms with Crippen molar-refractivity contribution in [3.63, 3.8) is 0 Å². The van der Waals surface area contributed by atoms with Gasteiger partial charge in [0.1, 0.15) is 5.82 Å². The highest BCUT2D eigenvalue weighted by Gasteiger charge is 2.12. The third-order valence-electron chi connectivity index (χ3n) is 2.33. The van der Waals surface area contributed by atoms with Gasteiger partial charge in [-0.3, -0.25) is 0 Å². The van der Waals surface area contributed by atoms with Gasteiger partial charge in [-0.15, -0.1) is 0 Å². The van der Waals surface area contributed by atoms with Gasteiger partial charge in [0.2, 0.25) is 0 Å². The van der Waals surface area contributed by atoms with Crippen molar-refractivity contribution in [2.24, 2.45) is 0 Å². The molecule has 15 heavy (non-hydrogen) atoms. The van der Waals surface area contributed by atoms with Gasteiger partial charge in [0.25, 0.3) is 0 Å². The van der Waals surface area contributed by atoms with E-state index in [4.69, 9.17) is 4.74 Å². The topological polar surface area (TPSA) is 21.3 Å². The number of benzene rings is 1. The van der Waals surface area contributed by atoms with E-state index in [-0.39, 0.29) is 5.82 Å². The summed E-state index contributed by atoms with van der Waals surface area (Å²) in [5, 5.41) is 2.93. The summed E-state index contributed by atoms with van der Waals surface area (Å²) in [4.78, 5) is 0. The second-order valence-corrected chi connectivity index (χ2v) is 3.39. The Hall–Kier alpha value is -0.930. The third-order valence-corrected chi connectivity index (χ3v) is 2.33. The fraction of sp³-hybridized carbons (Fsp3) is 0.500. The minimum absolute atomic E-state index is 0.137. The number of hydrogen-bond acceptors (Lipinski definition) is 2. The van der Waals surface area contributed by atoms with E-state index in [0.717, 1.165) is 30.7 Å². The Bertz CT molecular complexity index is 300. The second-order valence-electron chi connectivity index (χ2n) is 3.39. The van der Waals surface area contributed by atoms with Gasteiger partial charge >= 0.3 is 0 Å². The van der Waals surface area contributed by atoms with E-state index in [1.54, 1.807) is 6.07 Å². The van der Waals surface area contributed by atoms with Crippen LogP contribution in [0, 0.1) is 5.82 Å². The molecule has 0 spiro atoms. The molecule has 0 fully saturated rings. The van der Waals surface area contributed by atoms with Crippen LogP contribution in [0.25, 0.3) is 0 Å². The molecule has 2 rings (SSSR count). The highest BCUT2D eigenvalue weighted by atomic mass is 19.1. The van der Waals surface area contributed by atoms with E-state index in [9.17, 15) is 4.39 Å². The largest absolute Gasteiger partial charge is 0.376 e. The number of halogens is 1. The Kier molecular flexibility index (Phi) is 5.29. The van der Waals surface area contributed by atoms with Crippen molar-refractivity contribution in [1.29, 1.82) is 0 Å². The maximum absolute atomic E-state index is 13.0. The molecule has 0 bridgehead atoms. The molecule has 0 saturated heterocycles. The van der Waals surface area contributed by atoms with Gasteiger partial charge in [-0.05, 0) is 31.6 Å². The van der Waals surface area contributed by atoms with Crippen molar-refractivity contribution < 1.29 is 9.13 Å². The Morgan fingerprint density at radius 2 is 2.20 bits per heavy atom. The number of rotatable bonds is 1. The van der Waals surface area contributed by atoms with E-state index >= 15 is 0 Å². The monoisotopic (exact) mass is 211 g/mol. The first-order valence-electron chi connectivity index (χ1n) is 5.28. The first-order chi connectivity index (χ1) is 7.29. The molecule has 3 heteroatoms. The smallest absolute Gasteiger partial charge is 0.128 e. The molecule has 1 aliphatic heterocycles. The molecule has 0 atom stereocenters. The van der Waals surface area contributed by atoms with Crippen LogP contribution in [0.3, 0.4) is 0 Å². The first-order valence-corrected chi connectivity index (χ1v) is 5.28. The van der Waals surface area contributed by atoms with Gasteiger partial charge < -0.3 is 10.1 Å². The van der Waals surface area contributed by atoms with Crippen LogP contribution in [0.1, 0.15) is 18.1 Å². The van der Waals surface area contributed by atoms with Crippen molar-refractivity contribution in [3.8, 4) is 0 Å². The summed E-state index contributed by atoms with van der Waals surface area (Å²) in [6, 6.07) is 5.19. The van der Waals surface area contributed by atoms with Gasteiger partial charge in [-0.2, -0.15) is 0 Å². The van der Waals surface area contributed by atoms with Crippen LogP contribution in [0.5, 0.6) is 0 Å². The number of hydrogen-bond donors (Lipinski definition) is 1. The van der Waals surface area contributed by atoms with Gasteiger partial charge in [0.15, 0.2) is 0 Å². The molecule has 1 aliphatic rings. The molecule has 1 aromatic carbocycles. The summed E-state index contributed by atoms with van der Waals surface area (Å²) in [6.07, 6.45) is 0.840. The molecule has 1 aromatic rings. The summed E-state index contributed by atoms with van der Waals surface area (Å²) in [6.45, 7) is 4.29. The average molecular weight is 211 g/mol. The highest BCUT2D eigenvalue weighted by molar-refractivity contribution is 5.29. The standard InChI is InChI=1S/C9H9FO.C3H9N/c10-9-3-1-2-7-4-5-11-6-8(7)9;1-3-4-2/h1-3H,4-6H2;4H,3H2,1-2H3. The minimum atomic E-state index is -0.137. The van der Waals surface area contributed by atoms with E-state index in [0.29, 0.717) is 6.61 Å². The number of nitrogens with one attached hydrogen (secondary N) is 1. The van der Waals surface area contributed by atoms with Crippen LogP contribution >= 0.6 is 0 Å². The predicted octanol–water partition coefficient (Wildman–Crippen LogP) is 2.12. The van der Waals surface area contributed by atoms with Gasteiger partial charge in [0, 0.05) is 5.56 Å². The van der Waals surface area contributed by atoms with Crippen molar-refractivity contribution in [1.82, 2.24) is 5.32 Å². The van der Waals surface area contributed by atoms with Crippen LogP contribution in [0.2, 0.25) is 0 Å². The molecule has 0 saturated carbocycles. The zero-order valence-electron chi connectivity index (χ0n) is 9.35. The molecule has 0 aromatic heterocycles. The molecule has 0 unspecified atom stereocenters. The number of fused-ring (bicyclic) bond motifs is 1. The Balaban J connectivity index is 0.000000245. The molecular weight excluding hydrogens is 193 g/mol. The lowest BCUT2D eigenvalue weighted by Gasteiger charge is -2.16. The quantitative estimate of drug-likeness (QED) is 0.768. The summed E-state index contributed by atoms with van der Waals surface area (Å²) in [5.41, 5.74) is 1.83. The summed E-state index contributed by atoms with van der Waals surface area (Å²) in [7, 11) is 1.93. The van der Waals surface area contributed by atoms with Gasteiger partial charge in [0.05, 0.1) is 13.2 Å². The molecule has 0 radical (unpaired) electrons. The third kappa shape index (κ3) is 3.61. The minimum Gasteiger partial charge on any atom is -0.376 e. The zero-order valence-corrected chi connectivity index (χ0v) is 9.35. The van der Waals surface area contributed by atoms with E-state index < -0.39 is 0 Å². The van der Waals surface area contributed by atoms with E-state index in [1.165, 1.54) is 6.07 Å². The molecular formula is C12H18FNO. The van der Waals surface area contributed by atoms with Crippen LogP contribution < -0.4 is 5.32 Å². The molecule has 1 heterocycles. The normalized spacial score (nSPS) is 13.8. The summed E-state index contributed by atoms with van der Waals surface area (Å²) in [5.74, 6) is -0.137. The van der Waals surface area contributed by atoms with Crippen LogP contribution in [0.15, 0.2) is 18.2 Å².